The molecule has 0 saturated carbocycles. The van der Waals surface area contributed by atoms with Crippen LogP contribution in [-0.4, -0.2) is 26.8 Å². The molecule has 6 heteroatoms. The SMILES string of the molecule is CCc1cc(=O)n2c(n1)SCC2CC(=O)NC(C)(C)C. The summed E-state index contributed by atoms with van der Waals surface area (Å²) in [6, 6.07) is 1.48. The molecule has 1 unspecified atom stereocenters. The number of hydrogen-bond donors (Lipinski definition) is 1. The van der Waals surface area contributed by atoms with Gasteiger partial charge in [0.05, 0.1) is 6.04 Å². The molecule has 1 aliphatic heterocycles. The summed E-state index contributed by atoms with van der Waals surface area (Å²) in [5, 5.41) is 3.67. The van der Waals surface area contributed by atoms with Crippen molar-refractivity contribution in [2.75, 3.05) is 5.75 Å². The highest BCUT2D eigenvalue weighted by atomic mass is 32.2. The van der Waals surface area contributed by atoms with E-state index in [1.54, 1.807) is 22.4 Å². The molecule has 0 aromatic carbocycles. The topological polar surface area (TPSA) is 64.0 Å². The Hall–Kier alpha value is -1.30. The molecule has 0 fully saturated rings. The molecule has 2 rings (SSSR count). The fourth-order valence-corrected chi connectivity index (χ4v) is 3.38. The normalized spacial score (nSPS) is 17.9. The first-order chi connectivity index (χ1) is 9.30. The van der Waals surface area contributed by atoms with E-state index < -0.39 is 0 Å². The fourth-order valence-electron chi connectivity index (χ4n) is 2.21. The van der Waals surface area contributed by atoms with Gasteiger partial charge in [-0.2, -0.15) is 0 Å². The molecule has 1 aromatic rings. The van der Waals surface area contributed by atoms with Crippen LogP contribution >= 0.6 is 11.8 Å². The Balaban J connectivity index is 2.16. The standard InChI is InChI=1S/C14H21N3O2S/c1-5-9-6-12(19)17-10(8-20-13(17)15-9)7-11(18)16-14(2,3)4/h6,10H,5,7-8H2,1-4H3,(H,16,18). The number of hydrogen-bond acceptors (Lipinski definition) is 4. The number of aromatic nitrogens is 2. The Morgan fingerprint density at radius 1 is 1.55 bits per heavy atom. The van der Waals surface area contributed by atoms with E-state index in [0.717, 1.165) is 23.0 Å². The van der Waals surface area contributed by atoms with Gasteiger partial charge >= 0.3 is 0 Å². The molecular weight excluding hydrogens is 274 g/mol. The molecular formula is C14H21N3O2S. The van der Waals surface area contributed by atoms with Gasteiger partial charge in [-0.25, -0.2) is 4.98 Å². The Morgan fingerprint density at radius 3 is 2.85 bits per heavy atom. The molecule has 1 aromatic heterocycles. The van der Waals surface area contributed by atoms with Crippen molar-refractivity contribution in [3.05, 3.63) is 22.1 Å². The summed E-state index contributed by atoms with van der Waals surface area (Å²) >= 11 is 1.55. The number of carbonyl (C=O) groups excluding carboxylic acids is 1. The number of carbonyl (C=O) groups is 1. The third-order valence-corrected chi connectivity index (χ3v) is 4.14. The lowest BCUT2D eigenvalue weighted by Crippen LogP contribution is -2.42. The van der Waals surface area contributed by atoms with Crippen LogP contribution in [0.15, 0.2) is 16.0 Å². The molecule has 0 bridgehead atoms. The second kappa shape index (κ2) is 5.60. The number of nitrogens with one attached hydrogen (secondary N) is 1. The third kappa shape index (κ3) is 3.42. The maximum atomic E-state index is 12.1. The molecule has 1 aliphatic rings. The third-order valence-electron chi connectivity index (χ3n) is 3.04. The molecule has 1 N–H and O–H groups in total. The van der Waals surface area contributed by atoms with E-state index in [0.29, 0.717) is 6.42 Å². The second-order valence-electron chi connectivity index (χ2n) is 6.06. The van der Waals surface area contributed by atoms with Crippen LogP contribution in [0.4, 0.5) is 0 Å². The predicted molar refractivity (Wildman–Crippen MR) is 80.1 cm³/mol. The van der Waals surface area contributed by atoms with Crippen LogP contribution in [0.3, 0.4) is 0 Å². The van der Waals surface area contributed by atoms with E-state index in [-0.39, 0.29) is 23.0 Å². The van der Waals surface area contributed by atoms with Crippen LogP contribution in [0.25, 0.3) is 0 Å². The molecule has 0 saturated heterocycles. The molecule has 2 heterocycles. The summed E-state index contributed by atoms with van der Waals surface area (Å²) < 4.78 is 1.66. The summed E-state index contributed by atoms with van der Waals surface area (Å²) in [4.78, 5) is 28.6. The summed E-state index contributed by atoms with van der Waals surface area (Å²) in [6.07, 6.45) is 1.07. The van der Waals surface area contributed by atoms with Gasteiger partial charge in [0.1, 0.15) is 0 Å². The van der Waals surface area contributed by atoms with Crippen LogP contribution in [-0.2, 0) is 11.2 Å². The molecule has 20 heavy (non-hydrogen) atoms. The van der Waals surface area contributed by atoms with E-state index >= 15 is 0 Å². The molecule has 0 radical (unpaired) electrons. The average molecular weight is 295 g/mol. The Labute approximate surface area is 123 Å². The lowest BCUT2D eigenvalue weighted by molar-refractivity contribution is -0.123. The first-order valence-corrected chi connectivity index (χ1v) is 7.85. The quantitative estimate of drug-likeness (QED) is 0.863. The summed E-state index contributed by atoms with van der Waals surface area (Å²) in [5.41, 5.74) is 0.514. The lowest BCUT2D eigenvalue weighted by atomic mass is 10.1. The molecule has 5 nitrogen and oxygen atoms in total. The van der Waals surface area contributed by atoms with Gasteiger partial charge in [-0.05, 0) is 27.2 Å². The van der Waals surface area contributed by atoms with Crippen molar-refractivity contribution in [3.63, 3.8) is 0 Å². The molecule has 110 valence electrons. The molecule has 1 atom stereocenters. The summed E-state index contributed by atoms with van der Waals surface area (Å²) in [5.74, 6) is 0.704. The van der Waals surface area contributed by atoms with Gasteiger partial charge in [-0.15, -0.1) is 0 Å². The highest BCUT2D eigenvalue weighted by Crippen LogP contribution is 2.32. The Kier molecular flexibility index (Phi) is 4.22. The van der Waals surface area contributed by atoms with Crippen molar-refractivity contribution >= 4 is 17.7 Å². The summed E-state index contributed by atoms with van der Waals surface area (Å²) in [7, 11) is 0. The maximum Gasteiger partial charge on any atom is 0.254 e. The second-order valence-corrected chi connectivity index (χ2v) is 7.05. The molecule has 0 spiro atoms. The van der Waals surface area contributed by atoms with Crippen LogP contribution in [0.5, 0.6) is 0 Å². The Morgan fingerprint density at radius 2 is 2.25 bits per heavy atom. The van der Waals surface area contributed by atoms with Crippen molar-refractivity contribution in [2.45, 2.75) is 57.3 Å². The maximum absolute atomic E-state index is 12.1. The van der Waals surface area contributed by atoms with Crippen LogP contribution in [0.2, 0.25) is 0 Å². The van der Waals surface area contributed by atoms with Gasteiger partial charge in [0.15, 0.2) is 5.16 Å². The van der Waals surface area contributed by atoms with E-state index in [9.17, 15) is 9.59 Å². The zero-order valence-electron chi connectivity index (χ0n) is 12.4. The van der Waals surface area contributed by atoms with E-state index in [1.807, 2.05) is 27.7 Å². The molecule has 0 aliphatic carbocycles. The van der Waals surface area contributed by atoms with Gasteiger partial charge in [0.25, 0.3) is 5.56 Å². The highest BCUT2D eigenvalue weighted by Gasteiger charge is 2.28. The van der Waals surface area contributed by atoms with Crippen molar-refractivity contribution in [1.29, 1.82) is 0 Å². The minimum Gasteiger partial charge on any atom is -0.351 e. The number of amides is 1. The van der Waals surface area contributed by atoms with Gasteiger partial charge in [0.2, 0.25) is 5.91 Å². The van der Waals surface area contributed by atoms with E-state index in [1.165, 1.54) is 0 Å². The minimum atomic E-state index is -0.249. The molecule has 1 amide bonds. The van der Waals surface area contributed by atoms with Crippen molar-refractivity contribution in [2.24, 2.45) is 0 Å². The van der Waals surface area contributed by atoms with Crippen molar-refractivity contribution in [1.82, 2.24) is 14.9 Å². The van der Waals surface area contributed by atoms with Gasteiger partial charge in [-0.3, -0.25) is 14.2 Å². The predicted octanol–water partition coefficient (Wildman–Crippen LogP) is 1.76. The fraction of sp³-hybridized carbons (Fsp3) is 0.643. The monoisotopic (exact) mass is 295 g/mol. The minimum absolute atomic E-state index is 0.0255. The first kappa shape index (κ1) is 15.1. The number of nitrogens with zero attached hydrogens (tertiary/aromatic N) is 2. The van der Waals surface area contributed by atoms with Crippen LogP contribution < -0.4 is 10.9 Å². The van der Waals surface area contributed by atoms with Gasteiger partial charge < -0.3 is 5.32 Å². The van der Waals surface area contributed by atoms with Crippen molar-refractivity contribution in [3.8, 4) is 0 Å². The largest absolute Gasteiger partial charge is 0.351 e. The average Bonchev–Trinajstić information content (AvgIpc) is 2.70. The van der Waals surface area contributed by atoms with Gasteiger partial charge in [0, 0.05) is 29.5 Å². The Bertz CT molecular complexity index is 575. The number of thioether (sulfide) groups is 1. The zero-order valence-corrected chi connectivity index (χ0v) is 13.2. The number of rotatable bonds is 3. The number of aryl methyl sites for hydroxylation is 1. The summed E-state index contributed by atoms with van der Waals surface area (Å²) in [6.45, 7) is 7.82. The van der Waals surface area contributed by atoms with Gasteiger partial charge in [-0.1, -0.05) is 18.7 Å². The van der Waals surface area contributed by atoms with Crippen LogP contribution in [0, 0.1) is 0 Å². The zero-order chi connectivity index (χ0) is 14.9. The highest BCUT2D eigenvalue weighted by molar-refractivity contribution is 7.99. The smallest absolute Gasteiger partial charge is 0.254 e. The van der Waals surface area contributed by atoms with E-state index in [2.05, 4.69) is 10.3 Å². The number of fused-ring (bicyclic) bond motifs is 1. The van der Waals surface area contributed by atoms with E-state index in [4.69, 9.17) is 0 Å². The van der Waals surface area contributed by atoms with Crippen LogP contribution in [0.1, 0.15) is 45.9 Å². The lowest BCUT2D eigenvalue weighted by Gasteiger charge is -2.22. The first-order valence-electron chi connectivity index (χ1n) is 6.86. The van der Waals surface area contributed by atoms with Crippen molar-refractivity contribution < 1.29 is 4.79 Å².